The molecule has 0 heterocycles. The van der Waals surface area contributed by atoms with Crippen molar-refractivity contribution in [1.29, 1.82) is 0 Å². The van der Waals surface area contributed by atoms with Crippen molar-refractivity contribution in [2.75, 3.05) is 5.32 Å². The molecule has 0 aliphatic heterocycles. The minimum Gasteiger partial charge on any atom is -0.322 e. The summed E-state index contributed by atoms with van der Waals surface area (Å²) in [6.07, 6.45) is 4.75. The average Bonchev–Trinajstić information content (AvgIpc) is 2.49. The van der Waals surface area contributed by atoms with E-state index in [0.29, 0.717) is 5.56 Å². The predicted octanol–water partition coefficient (Wildman–Crippen LogP) is 4.67. The third kappa shape index (κ3) is 4.23. The first-order valence-electron chi connectivity index (χ1n) is 7.25. The molecule has 20 heavy (non-hydrogen) atoms. The molecule has 0 aromatic heterocycles. The zero-order valence-electron chi connectivity index (χ0n) is 11.9. The fourth-order valence-electron chi connectivity index (χ4n) is 2.18. The molecule has 1 N–H and O–H groups in total. The van der Waals surface area contributed by atoms with Gasteiger partial charge in [-0.1, -0.05) is 50.1 Å². The molecule has 1 amide bonds. The second kappa shape index (κ2) is 7.49. The van der Waals surface area contributed by atoms with Gasteiger partial charge in [-0.3, -0.25) is 4.79 Å². The van der Waals surface area contributed by atoms with Crippen molar-refractivity contribution in [1.82, 2.24) is 0 Å². The molecule has 0 aliphatic carbocycles. The smallest absolute Gasteiger partial charge is 0.255 e. The Morgan fingerprint density at radius 1 is 1.00 bits per heavy atom. The van der Waals surface area contributed by atoms with Crippen LogP contribution in [0.5, 0.6) is 0 Å². The van der Waals surface area contributed by atoms with Crippen LogP contribution in [0.15, 0.2) is 54.6 Å². The maximum Gasteiger partial charge on any atom is 0.255 e. The Balaban J connectivity index is 1.99. The number of hydrogen-bond donors (Lipinski definition) is 1. The average molecular weight is 267 g/mol. The van der Waals surface area contributed by atoms with Gasteiger partial charge in [0.25, 0.3) is 5.91 Å². The van der Waals surface area contributed by atoms with Gasteiger partial charge in [0, 0.05) is 11.3 Å². The van der Waals surface area contributed by atoms with Crippen molar-refractivity contribution in [2.24, 2.45) is 0 Å². The van der Waals surface area contributed by atoms with Crippen LogP contribution in [0.2, 0.25) is 0 Å². The molecule has 2 nitrogen and oxygen atoms in total. The Morgan fingerprint density at radius 2 is 1.80 bits per heavy atom. The van der Waals surface area contributed by atoms with E-state index in [4.69, 9.17) is 0 Å². The molecule has 0 saturated heterocycles. The Bertz CT molecular complexity index is 548. The summed E-state index contributed by atoms with van der Waals surface area (Å²) in [5.74, 6) is -0.0590. The summed E-state index contributed by atoms with van der Waals surface area (Å²) in [5, 5.41) is 2.95. The number of benzene rings is 2. The SMILES string of the molecule is CCCCCc1cccc(NC(=O)c2ccccc2)c1. The van der Waals surface area contributed by atoms with Crippen LogP contribution in [-0.4, -0.2) is 5.91 Å². The Labute approximate surface area is 120 Å². The molecule has 0 radical (unpaired) electrons. The highest BCUT2D eigenvalue weighted by atomic mass is 16.1. The molecular weight excluding hydrogens is 246 g/mol. The summed E-state index contributed by atoms with van der Waals surface area (Å²) in [5.41, 5.74) is 2.83. The van der Waals surface area contributed by atoms with E-state index in [1.54, 1.807) is 0 Å². The second-order valence-electron chi connectivity index (χ2n) is 4.98. The molecule has 2 aromatic rings. The monoisotopic (exact) mass is 267 g/mol. The van der Waals surface area contributed by atoms with Crippen molar-refractivity contribution in [3.63, 3.8) is 0 Å². The molecule has 0 spiro atoms. The molecule has 0 fully saturated rings. The fraction of sp³-hybridized carbons (Fsp3) is 0.278. The van der Waals surface area contributed by atoms with E-state index < -0.39 is 0 Å². The lowest BCUT2D eigenvalue weighted by atomic mass is 10.1. The van der Waals surface area contributed by atoms with Gasteiger partial charge in [0.05, 0.1) is 0 Å². The largest absolute Gasteiger partial charge is 0.322 e. The first-order valence-corrected chi connectivity index (χ1v) is 7.25. The van der Waals surface area contributed by atoms with Gasteiger partial charge in [-0.05, 0) is 42.7 Å². The third-order valence-corrected chi connectivity index (χ3v) is 3.29. The Morgan fingerprint density at radius 3 is 2.55 bits per heavy atom. The van der Waals surface area contributed by atoms with Crippen LogP contribution < -0.4 is 5.32 Å². The molecule has 0 unspecified atom stereocenters. The standard InChI is InChI=1S/C18H21NO/c1-2-3-5-9-15-10-8-13-17(14-15)19-18(20)16-11-6-4-7-12-16/h4,6-8,10-14H,2-3,5,9H2,1H3,(H,19,20). The summed E-state index contributed by atoms with van der Waals surface area (Å²) in [6, 6.07) is 17.4. The van der Waals surface area contributed by atoms with Crippen LogP contribution in [0, 0.1) is 0 Å². The van der Waals surface area contributed by atoms with Gasteiger partial charge in [-0.15, -0.1) is 0 Å². The van der Waals surface area contributed by atoms with Crippen LogP contribution in [-0.2, 0) is 6.42 Å². The molecule has 2 aromatic carbocycles. The Kier molecular flexibility index (Phi) is 5.36. The zero-order chi connectivity index (χ0) is 14.2. The highest BCUT2D eigenvalue weighted by Crippen LogP contribution is 2.14. The molecule has 2 heteroatoms. The topological polar surface area (TPSA) is 29.1 Å². The molecule has 2 rings (SSSR count). The van der Waals surface area contributed by atoms with Crippen LogP contribution in [0.3, 0.4) is 0 Å². The van der Waals surface area contributed by atoms with E-state index in [0.717, 1.165) is 12.1 Å². The van der Waals surface area contributed by atoms with E-state index in [2.05, 4.69) is 24.4 Å². The minimum absolute atomic E-state index is 0.0590. The Hall–Kier alpha value is -2.09. The van der Waals surface area contributed by atoms with Crippen LogP contribution in [0.4, 0.5) is 5.69 Å². The van der Waals surface area contributed by atoms with Crippen molar-refractivity contribution in [2.45, 2.75) is 32.6 Å². The third-order valence-electron chi connectivity index (χ3n) is 3.29. The number of unbranched alkanes of at least 4 members (excludes halogenated alkanes) is 2. The van der Waals surface area contributed by atoms with Crippen molar-refractivity contribution < 1.29 is 4.79 Å². The van der Waals surface area contributed by atoms with Gasteiger partial charge in [-0.25, -0.2) is 0 Å². The van der Waals surface area contributed by atoms with Crippen molar-refractivity contribution in [3.8, 4) is 0 Å². The lowest BCUT2D eigenvalue weighted by molar-refractivity contribution is 0.102. The summed E-state index contributed by atoms with van der Waals surface area (Å²) in [7, 11) is 0. The highest BCUT2D eigenvalue weighted by molar-refractivity contribution is 6.04. The van der Waals surface area contributed by atoms with Crippen LogP contribution >= 0.6 is 0 Å². The van der Waals surface area contributed by atoms with Gasteiger partial charge in [-0.2, -0.15) is 0 Å². The number of carbonyl (C=O) groups is 1. The number of hydrogen-bond acceptors (Lipinski definition) is 1. The van der Waals surface area contributed by atoms with E-state index in [-0.39, 0.29) is 5.91 Å². The highest BCUT2D eigenvalue weighted by Gasteiger charge is 2.05. The van der Waals surface area contributed by atoms with Gasteiger partial charge >= 0.3 is 0 Å². The minimum atomic E-state index is -0.0590. The first-order chi connectivity index (χ1) is 9.79. The number of aryl methyl sites for hydroxylation is 1. The summed E-state index contributed by atoms with van der Waals surface area (Å²) < 4.78 is 0. The fourth-order valence-corrected chi connectivity index (χ4v) is 2.18. The van der Waals surface area contributed by atoms with Crippen molar-refractivity contribution >= 4 is 11.6 Å². The van der Waals surface area contributed by atoms with Crippen molar-refractivity contribution in [3.05, 3.63) is 65.7 Å². The number of anilines is 1. The number of rotatable bonds is 6. The molecule has 0 atom stereocenters. The molecule has 0 aliphatic rings. The zero-order valence-corrected chi connectivity index (χ0v) is 11.9. The number of carbonyl (C=O) groups excluding carboxylic acids is 1. The quantitative estimate of drug-likeness (QED) is 0.757. The second-order valence-corrected chi connectivity index (χ2v) is 4.98. The van der Waals surface area contributed by atoms with E-state index in [9.17, 15) is 4.79 Å². The normalized spacial score (nSPS) is 10.2. The predicted molar refractivity (Wildman–Crippen MR) is 84.1 cm³/mol. The van der Waals surface area contributed by atoms with E-state index >= 15 is 0 Å². The molecule has 0 saturated carbocycles. The maximum absolute atomic E-state index is 12.1. The van der Waals surface area contributed by atoms with Gasteiger partial charge < -0.3 is 5.32 Å². The lowest BCUT2D eigenvalue weighted by Gasteiger charge is -2.07. The molecule has 0 bridgehead atoms. The summed E-state index contributed by atoms with van der Waals surface area (Å²) in [6.45, 7) is 2.20. The van der Waals surface area contributed by atoms with Gasteiger partial charge in [0.2, 0.25) is 0 Å². The first kappa shape index (κ1) is 14.3. The van der Waals surface area contributed by atoms with Crippen LogP contribution in [0.25, 0.3) is 0 Å². The summed E-state index contributed by atoms with van der Waals surface area (Å²) in [4.78, 5) is 12.1. The summed E-state index contributed by atoms with van der Waals surface area (Å²) >= 11 is 0. The van der Waals surface area contributed by atoms with E-state index in [1.165, 1.54) is 24.8 Å². The number of nitrogens with one attached hydrogen (secondary N) is 1. The van der Waals surface area contributed by atoms with Crippen LogP contribution in [0.1, 0.15) is 42.1 Å². The maximum atomic E-state index is 12.1. The number of amides is 1. The molecular formula is C18H21NO. The van der Waals surface area contributed by atoms with E-state index in [1.807, 2.05) is 42.5 Å². The van der Waals surface area contributed by atoms with Gasteiger partial charge in [0.1, 0.15) is 0 Å². The molecule has 104 valence electrons. The lowest BCUT2D eigenvalue weighted by Crippen LogP contribution is -2.11. The van der Waals surface area contributed by atoms with Gasteiger partial charge in [0.15, 0.2) is 0 Å².